The number of aromatic amines is 1. The Bertz CT molecular complexity index is 1620. The molecule has 12 heteroatoms. The van der Waals surface area contributed by atoms with Gasteiger partial charge in [0, 0.05) is 79.3 Å². The van der Waals surface area contributed by atoms with Gasteiger partial charge >= 0.3 is 0 Å². The summed E-state index contributed by atoms with van der Waals surface area (Å²) < 4.78 is 26.4. The van der Waals surface area contributed by atoms with Gasteiger partial charge in [0.05, 0.1) is 34.3 Å². The van der Waals surface area contributed by atoms with Crippen LogP contribution in [0.1, 0.15) is 31.1 Å². The number of H-pyrrole nitrogens is 1. The number of ether oxygens (including phenoxy) is 2. The Morgan fingerprint density at radius 3 is 2.61 bits per heavy atom. The van der Waals surface area contributed by atoms with E-state index in [0.717, 1.165) is 45.9 Å². The monoisotopic (exact) mass is 595 g/mol. The van der Waals surface area contributed by atoms with Crippen LogP contribution in [0.5, 0.6) is 5.75 Å². The van der Waals surface area contributed by atoms with Gasteiger partial charge in [0.1, 0.15) is 23.7 Å². The standard InChI is InChI=1S/C29H28Cl2FN7O2/c1-17(26-21(30)12-34-13-22(26)31)41-25-8-20-24(9-23(25)32)36-37-27(20)19-7-18(10-33)28(35-11-19)39-15-29(2,16-39)14-38-3-5-40-6-4-38/h7-9,11-13,17H,3-6,14-16H2,1-2H3,(H,36,37)/t17-/m1/s1. The summed E-state index contributed by atoms with van der Waals surface area (Å²) in [5.41, 5.74) is 2.77. The summed E-state index contributed by atoms with van der Waals surface area (Å²) >= 11 is 12.5. The number of pyridine rings is 2. The van der Waals surface area contributed by atoms with Gasteiger partial charge in [-0.1, -0.05) is 30.1 Å². The average Bonchev–Trinajstić information content (AvgIpc) is 3.34. The molecule has 0 spiro atoms. The molecule has 9 nitrogen and oxygen atoms in total. The Labute approximate surface area is 246 Å². The highest BCUT2D eigenvalue weighted by Crippen LogP contribution is 2.39. The summed E-state index contributed by atoms with van der Waals surface area (Å²) in [4.78, 5) is 13.2. The van der Waals surface area contributed by atoms with Crippen molar-refractivity contribution in [2.24, 2.45) is 5.41 Å². The summed E-state index contributed by atoms with van der Waals surface area (Å²) in [6, 6.07) is 6.98. The topological polar surface area (TPSA) is 103 Å². The third-order valence-electron chi connectivity index (χ3n) is 7.63. The second kappa shape index (κ2) is 11.1. The molecule has 0 saturated carbocycles. The van der Waals surface area contributed by atoms with Crippen LogP contribution < -0.4 is 9.64 Å². The molecule has 6 rings (SSSR count). The molecule has 2 aliphatic heterocycles. The molecule has 41 heavy (non-hydrogen) atoms. The number of nitrogens with zero attached hydrogens (tertiary/aromatic N) is 6. The van der Waals surface area contributed by atoms with Crippen molar-refractivity contribution < 1.29 is 13.9 Å². The first kappa shape index (κ1) is 27.7. The number of nitrogens with one attached hydrogen (secondary N) is 1. The van der Waals surface area contributed by atoms with Crippen molar-refractivity contribution in [3.8, 4) is 23.1 Å². The molecular formula is C29H28Cl2FN7O2. The van der Waals surface area contributed by atoms with E-state index in [1.807, 2.05) is 0 Å². The molecule has 1 N–H and O–H groups in total. The van der Waals surface area contributed by atoms with E-state index in [1.54, 1.807) is 25.3 Å². The van der Waals surface area contributed by atoms with E-state index >= 15 is 4.39 Å². The Hall–Kier alpha value is -3.49. The lowest BCUT2D eigenvalue weighted by atomic mass is 9.81. The van der Waals surface area contributed by atoms with E-state index < -0.39 is 11.9 Å². The van der Waals surface area contributed by atoms with Gasteiger partial charge in [-0.2, -0.15) is 10.4 Å². The van der Waals surface area contributed by atoms with Crippen LogP contribution in [0.3, 0.4) is 0 Å². The summed E-state index contributed by atoms with van der Waals surface area (Å²) in [6.07, 6.45) is 3.98. The SMILES string of the molecule is C[C@@H](Oc1cc2c(-c3cnc(N4CC(C)(CN5CCOCC5)C4)c(C#N)c3)n[nH]c2cc1F)c1c(Cl)cncc1Cl. The highest BCUT2D eigenvalue weighted by molar-refractivity contribution is 6.35. The van der Waals surface area contributed by atoms with Crippen molar-refractivity contribution in [1.82, 2.24) is 25.1 Å². The number of halogens is 3. The van der Waals surface area contributed by atoms with E-state index in [2.05, 4.69) is 43.0 Å². The molecule has 2 saturated heterocycles. The molecule has 2 fully saturated rings. The molecule has 4 aromatic rings. The smallest absolute Gasteiger partial charge is 0.167 e. The molecule has 5 heterocycles. The van der Waals surface area contributed by atoms with Gasteiger partial charge in [0.25, 0.3) is 0 Å². The van der Waals surface area contributed by atoms with Crippen LogP contribution in [0.4, 0.5) is 10.2 Å². The molecule has 0 radical (unpaired) electrons. The average molecular weight is 596 g/mol. The highest BCUT2D eigenvalue weighted by Gasteiger charge is 2.41. The lowest BCUT2D eigenvalue weighted by Gasteiger charge is -2.51. The third-order valence-corrected chi connectivity index (χ3v) is 8.23. The molecule has 0 aliphatic carbocycles. The Morgan fingerprint density at radius 2 is 1.90 bits per heavy atom. The van der Waals surface area contributed by atoms with E-state index in [-0.39, 0.29) is 11.2 Å². The van der Waals surface area contributed by atoms with Crippen LogP contribution in [0.25, 0.3) is 22.2 Å². The number of rotatable bonds is 7. The largest absolute Gasteiger partial charge is 0.483 e. The minimum atomic E-state index is -0.642. The number of hydrogen-bond donors (Lipinski definition) is 1. The maximum atomic E-state index is 15.0. The number of hydrogen-bond acceptors (Lipinski definition) is 8. The molecule has 212 valence electrons. The number of anilines is 1. The van der Waals surface area contributed by atoms with Gasteiger partial charge < -0.3 is 14.4 Å². The van der Waals surface area contributed by atoms with E-state index in [0.29, 0.717) is 49.2 Å². The Morgan fingerprint density at radius 1 is 1.17 bits per heavy atom. The molecule has 1 atom stereocenters. The van der Waals surface area contributed by atoms with Crippen molar-refractivity contribution in [1.29, 1.82) is 5.26 Å². The van der Waals surface area contributed by atoms with Crippen molar-refractivity contribution >= 4 is 39.9 Å². The number of benzene rings is 1. The number of aromatic nitrogens is 4. The van der Waals surface area contributed by atoms with Gasteiger partial charge in [0.2, 0.25) is 0 Å². The summed E-state index contributed by atoms with van der Waals surface area (Å²) in [5.74, 6) is 0.109. The fourth-order valence-corrected chi connectivity index (χ4v) is 6.40. The van der Waals surface area contributed by atoms with Gasteiger partial charge in [-0.15, -0.1) is 0 Å². The molecule has 3 aromatic heterocycles. The summed E-state index contributed by atoms with van der Waals surface area (Å²) in [5, 5.41) is 18.5. The normalized spacial score (nSPS) is 17.7. The molecule has 1 aromatic carbocycles. The third kappa shape index (κ3) is 5.43. The predicted octanol–water partition coefficient (Wildman–Crippen LogP) is 5.64. The fourth-order valence-electron chi connectivity index (χ4n) is 5.73. The van der Waals surface area contributed by atoms with Crippen LogP contribution in [0.2, 0.25) is 10.0 Å². The first-order valence-electron chi connectivity index (χ1n) is 13.3. The lowest BCUT2D eigenvalue weighted by Crippen LogP contribution is -2.60. The van der Waals surface area contributed by atoms with Gasteiger partial charge in [0.15, 0.2) is 11.6 Å². The second-order valence-electron chi connectivity index (χ2n) is 10.9. The quantitative estimate of drug-likeness (QED) is 0.293. The first-order valence-corrected chi connectivity index (χ1v) is 14.1. The van der Waals surface area contributed by atoms with Crippen molar-refractivity contribution in [3.63, 3.8) is 0 Å². The fraction of sp³-hybridized carbons (Fsp3) is 0.379. The van der Waals surface area contributed by atoms with Gasteiger partial charge in [-0.05, 0) is 19.1 Å². The van der Waals surface area contributed by atoms with Crippen LogP contribution >= 0.6 is 23.2 Å². The molecule has 2 aliphatic rings. The number of fused-ring (bicyclic) bond motifs is 1. The van der Waals surface area contributed by atoms with Crippen molar-refractivity contribution in [3.05, 3.63) is 63.8 Å². The van der Waals surface area contributed by atoms with Crippen molar-refractivity contribution in [2.75, 3.05) is 50.8 Å². The highest BCUT2D eigenvalue weighted by atomic mass is 35.5. The van der Waals surface area contributed by atoms with Crippen LogP contribution in [-0.4, -0.2) is 71.0 Å². The molecule has 0 bridgehead atoms. The maximum Gasteiger partial charge on any atom is 0.167 e. The van der Waals surface area contributed by atoms with Gasteiger partial charge in [-0.25, -0.2) is 9.37 Å². The van der Waals surface area contributed by atoms with E-state index in [9.17, 15) is 5.26 Å². The van der Waals surface area contributed by atoms with E-state index in [4.69, 9.17) is 32.7 Å². The number of nitriles is 1. The maximum absolute atomic E-state index is 15.0. The zero-order valence-corrected chi connectivity index (χ0v) is 24.1. The van der Waals surface area contributed by atoms with Crippen molar-refractivity contribution in [2.45, 2.75) is 20.0 Å². The second-order valence-corrected chi connectivity index (χ2v) is 11.8. The molecule has 0 unspecified atom stereocenters. The predicted molar refractivity (Wildman–Crippen MR) is 155 cm³/mol. The lowest BCUT2D eigenvalue weighted by molar-refractivity contribution is 0.0133. The Kier molecular flexibility index (Phi) is 7.47. The molecule has 0 amide bonds. The Balaban J connectivity index is 1.24. The first-order chi connectivity index (χ1) is 19.7. The van der Waals surface area contributed by atoms with Crippen LogP contribution in [-0.2, 0) is 4.74 Å². The minimum Gasteiger partial charge on any atom is -0.483 e. The zero-order valence-electron chi connectivity index (χ0n) is 22.6. The molecular weight excluding hydrogens is 568 g/mol. The van der Waals surface area contributed by atoms with Crippen LogP contribution in [0, 0.1) is 22.6 Å². The summed E-state index contributed by atoms with van der Waals surface area (Å²) in [7, 11) is 0. The van der Waals surface area contributed by atoms with Gasteiger partial charge in [-0.3, -0.25) is 15.0 Å². The zero-order chi connectivity index (χ0) is 28.7. The number of morpholine rings is 1. The van der Waals surface area contributed by atoms with E-state index in [1.165, 1.54) is 18.5 Å². The summed E-state index contributed by atoms with van der Waals surface area (Å²) in [6.45, 7) is 10.1. The minimum absolute atomic E-state index is 0.0156. The van der Waals surface area contributed by atoms with Crippen LogP contribution in [0.15, 0.2) is 36.8 Å².